The third-order valence-corrected chi connectivity index (χ3v) is 6.50. The number of aryl methyl sites for hydroxylation is 2. The van der Waals surface area contributed by atoms with Crippen LogP contribution >= 0.6 is 43.2 Å². The first-order chi connectivity index (χ1) is 9.31. The number of fused-ring (bicyclic) bond motifs is 1. The molecule has 1 N–H and O–H groups in total. The molecule has 0 saturated carbocycles. The van der Waals surface area contributed by atoms with Crippen LogP contribution in [0.3, 0.4) is 0 Å². The van der Waals surface area contributed by atoms with E-state index >= 15 is 0 Å². The third-order valence-electron chi connectivity index (χ3n) is 3.11. The number of thiazole rings is 1. The second kappa shape index (κ2) is 6.12. The number of nitrogens with zero attached hydrogens (tertiary/aromatic N) is 1. The van der Waals surface area contributed by atoms with Gasteiger partial charge in [0, 0.05) is 4.47 Å². The van der Waals surface area contributed by atoms with Crippen LogP contribution in [-0.4, -0.2) is 15.7 Å². The monoisotopic (exact) mass is 418 g/mol. The van der Waals surface area contributed by atoms with Gasteiger partial charge in [0.25, 0.3) is 0 Å². The third kappa shape index (κ3) is 3.07. The number of anilines is 1. The highest BCUT2D eigenvalue weighted by Crippen LogP contribution is 2.35. The Morgan fingerprint density at radius 1 is 1.40 bits per heavy atom. The summed E-state index contributed by atoms with van der Waals surface area (Å²) >= 11 is 8.48. The first-order valence-electron chi connectivity index (χ1n) is 6.32. The maximum Gasteiger partial charge on any atom is 0.240 e. The van der Waals surface area contributed by atoms with E-state index in [2.05, 4.69) is 55.2 Å². The maximum absolute atomic E-state index is 12.1. The zero-order valence-corrected chi connectivity index (χ0v) is 15.7. The van der Waals surface area contributed by atoms with Gasteiger partial charge in [0.2, 0.25) is 5.91 Å². The molecule has 6 heteroatoms. The molecule has 1 aromatic carbocycles. The first kappa shape index (κ1) is 15.9. The maximum atomic E-state index is 12.1. The lowest BCUT2D eigenvalue weighted by Crippen LogP contribution is -2.26. The van der Waals surface area contributed by atoms with Crippen LogP contribution in [0.5, 0.6) is 0 Å². The summed E-state index contributed by atoms with van der Waals surface area (Å²) < 4.78 is 2.19. The lowest BCUT2D eigenvalue weighted by Gasteiger charge is -2.11. The minimum Gasteiger partial charge on any atom is -0.301 e. The summed E-state index contributed by atoms with van der Waals surface area (Å²) in [6.45, 7) is 8.09. The van der Waals surface area contributed by atoms with Crippen molar-refractivity contribution in [1.29, 1.82) is 0 Å². The summed E-state index contributed by atoms with van der Waals surface area (Å²) in [5.74, 6) is 0.190. The largest absolute Gasteiger partial charge is 0.301 e. The number of nitrogens with one attached hydrogen (secondary N) is 1. The highest BCUT2D eigenvalue weighted by atomic mass is 79.9. The molecule has 0 spiro atoms. The number of benzene rings is 1. The number of hydrogen-bond acceptors (Lipinski definition) is 3. The van der Waals surface area contributed by atoms with Gasteiger partial charge in [-0.25, -0.2) is 4.98 Å². The van der Waals surface area contributed by atoms with Crippen molar-refractivity contribution in [3.05, 3.63) is 21.7 Å². The summed E-state index contributed by atoms with van der Waals surface area (Å²) in [5.41, 5.74) is 3.22. The van der Waals surface area contributed by atoms with Crippen LogP contribution in [0.1, 0.15) is 25.0 Å². The standard InChI is InChI=1S/C14H16Br2N2OS/c1-6(2)10(16)13(19)18-14-17-11-7(3)5-9(15)8(4)12(11)20-14/h5-6,10H,1-4H3,(H,17,18,19)/t10-/m0/s1. The van der Waals surface area contributed by atoms with Gasteiger partial charge in [-0.2, -0.15) is 0 Å². The molecule has 1 heterocycles. The van der Waals surface area contributed by atoms with E-state index in [1.165, 1.54) is 11.3 Å². The Labute approximate surface area is 139 Å². The molecule has 0 aliphatic carbocycles. The molecular formula is C14H16Br2N2OS. The topological polar surface area (TPSA) is 42.0 Å². The first-order valence-corrected chi connectivity index (χ1v) is 8.85. The van der Waals surface area contributed by atoms with Gasteiger partial charge in [0.05, 0.1) is 15.0 Å². The molecule has 2 aromatic rings. The van der Waals surface area contributed by atoms with Crippen LogP contribution in [0.25, 0.3) is 10.2 Å². The minimum atomic E-state index is -0.205. The van der Waals surface area contributed by atoms with Crippen LogP contribution in [-0.2, 0) is 4.79 Å². The van der Waals surface area contributed by atoms with Gasteiger partial charge >= 0.3 is 0 Å². The Balaban J connectivity index is 2.36. The fourth-order valence-corrected chi connectivity index (χ4v) is 3.68. The highest BCUT2D eigenvalue weighted by molar-refractivity contribution is 9.10. The Kier molecular flexibility index (Phi) is 4.87. The van der Waals surface area contributed by atoms with E-state index < -0.39 is 0 Å². The van der Waals surface area contributed by atoms with Gasteiger partial charge in [0.15, 0.2) is 5.13 Å². The second-order valence-electron chi connectivity index (χ2n) is 5.13. The zero-order valence-electron chi connectivity index (χ0n) is 11.8. The second-order valence-corrected chi connectivity index (χ2v) is 7.97. The highest BCUT2D eigenvalue weighted by Gasteiger charge is 2.20. The lowest BCUT2D eigenvalue weighted by molar-refractivity contribution is -0.116. The Hall–Kier alpha value is -0.460. The molecule has 0 aliphatic rings. The minimum absolute atomic E-state index is 0.0478. The van der Waals surface area contributed by atoms with Crippen molar-refractivity contribution in [2.45, 2.75) is 32.5 Å². The molecule has 0 radical (unpaired) electrons. The van der Waals surface area contributed by atoms with Crippen molar-refractivity contribution in [3.63, 3.8) is 0 Å². The summed E-state index contributed by atoms with van der Waals surface area (Å²) in [4.78, 5) is 16.4. The number of amides is 1. The Morgan fingerprint density at radius 3 is 2.65 bits per heavy atom. The number of rotatable bonds is 3. The van der Waals surface area contributed by atoms with E-state index in [1.807, 2.05) is 20.8 Å². The molecule has 0 bridgehead atoms. The van der Waals surface area contributed by atoms with Crippen molar-refractivity contribution in [1.82, 2.24) is 4.98 Å². The fourth-order valence-electron chi connectivity index (χ4n) is 1.85. The van der Waals surface area contributed by atoms with Crippen LogP contribution in [0.2, 0.25) is 0 Å². The van der Waals surface area contributed by atoms with Gasteiger partial charge < -0.3 is 5.32 Å². The summed E-state index contributed by atoms with van der Waals surface area (Å²) in [5, 5.41) is 3.54. The number of hydrogen-bond donors (Lipinski definition) is 1. The number of halogens is 2. The van der Waals surface area contributed by atoms with E-state index in [-0.39, 0.29) is 16.7 Å². The van der Waals surface area contributed by atoms with Crippen LogP contribution in [0, 0.1) is 19.8 Å². The van der Waals surface area contributed by atoms with Crippen molar-refractivity contribution in [2.75, 3.05) is 5.32 Å². The molecule has 2 rings (SSSR count). The van der Waals surface area contributed by atoms with Gasteiger partial charge in [-0.3, -0.25) is 4.79 Å². The molecule has 0 aliphatic heterocycles. The van der Waals surface area contributed by atoms with Gasteiger partial charge in [0.1, 0.15) is 0 Å². The van der Waals surface area contributed by atoms with E-state index in [1.54, 1.807) is 0 Å². The number of carbonyl (C=O) groups excluding carboxylic acids is 1. The summed E-state index contributed by atoms with van der Waals surface area (Å²) in [6, 6.07) is 2.06. The van der Waals surface area contributed by atoms with Gasteiger partial charge in [-0.1, -0.05) is 57.0 Å². The van der Waals surface area contributed by atoms with Crippen LogP contribution < -0.4 is 5.32 Å². The molecule has 1 amide bonds. The van der Waals surface area contributed by atoms with Crippen molar-refractivity contribution < 1.29 is 4.79 Å². The lowest BCUT2D eigenvalue weighted by atomic mass is 10.1. The molecule has 1 atom stereocenters. The molecule has 1 aromatic heterocycles. The zero-order chi connectivity index (χ0) is 15.0. The average molecular weight is 420 g/mol. The van der Waals surface area contributed by atoms with Crippen molar-refractivity contribution >= 4 is 64.5 Å². The predicted molar refractivity (Wildman–Crippen MR) is 93.0 cm³/mol. The molecule has 0 unspecified atom stereocenters. The Bertz CT molecular complexity index is 667. The predicted octanol–water partition coefficient (Wildman–Crippen LogP) is 5.03. The number of alkyl halides is 1. The summed E-state index contributed by atoms with van der Waals surface area (Å²) in [7, 11) is 0. The number of carbonyl (C=O) groups is 1. The SMILES string of the molecule is Cc1cc(Br)c(C)c2sc(NC(=O)[C@@H](Br)C(C)C)nc12. The molecule has 20 heavy (non-hydrogen) atoms. The van der Waals surface area contributed by atoms with Gasteiger partial charge in [-0.15, -0.1) is 0 Å². The van der Waals surface area contributed by atoms with E-state index in [4.69, 9.17) is 0 Å². The van der Waals surface area contributed by atoms with E-state index in [0.717, 1.165) is 25.8 Å². The van der Waals surface area contributed by atoms with E-state index in [9.17, 15) is 4.79 Å². The molecule has 3 nitrogen and oxygen atoms in total. The van der Waals surface area contributed by atoms with Crippen LogP contribution in [0.15, 0.2) is 10.5 Å². The summed E-state index contributed by atoms with van der Waals surface area (Å²) in [6.07, 6.45) is 0. The molecular weight excluding hydrogens is 404 g/mol. The van der Waals surface area contributed by atoms with Crippen molar-refractivity contribution in [2.24, 2.45) is 5.92 Å². The van der Waals surface area contributed by atoms with Gasteiger partial charge in [-0.05, 0) is 37.0 Å². The quantitative estimate of drug-likeness (QED) is 0.708. The average Bonchev–Trinajstić information content (AvgIpc) is 2.79. The molecule has 108 valence electrons. The van der Waals surface area contributed by atoms with Crippen LogP contribution in [0.4, 0.5) is 5.13 Å². The van der Waals surface area contributed by atoms with E-state index in [0.29, 0.717) is 5.13 Å². The smallest absolute Gasteiger partial charge is 0.240 e. The number of aromatic nitrogens is 1. The normalized spacial score (nSPS) is 12.9. The molecule has 0 fully saturated rings. The Morgan fingerprint density at radius 2 is 2.05 bits per heavy atom. The van der Waals surface area contributed by atoms with Crippen molar-refractivity contribution in [3.8, 4) is 0 Å². The fraction of sp³-hybridized carbons (Fsp3) is 0.429. The molecule has 0 saturated heterocycles.